The summed E-state index contributed by atoms with van der Waals surface area (Å²) in [4.78, 5) is 11.1. The molecule has 0 aliphatic carbocycles. The molecule has 1 N–H and O–H groups in total. The van der Waals surface area contributed by atoms with Crippen LogP contribution in [0.15, 0.2) is 18.2 Å². The van der Waals surface area contributed by atoms with Gasteiger partial charge in [-0.25, -0.2) is 4.79 Å². The minimum atomic E-state index is -1.04. The van der Waals surface area contributed by atoms with E-state index in [1.165, 1.54) is 0 Å². The Morgan fingerprint density at radius 3 is 2.52 bits per heavy atom. The average molecular weight is 288 g/mol. The molecule has 0 bridgehead atoms. The summed E-state index contributed by atoms with van der Waals surface area (Å²) in [7, 11) is 1.73. The van der Waals surface area contributed by atoms with E-state index in [0.29, 0.717) is 5.75 Å². The van der Waals surface area contributed by atoms with Gasteiger partial charge in [-0.05, 0) is 29.7 Å². The quantitative estimate of drug-likeness (QED) is 0.939. The highest BCUT2D eigenvalue weighted by Gasteiger charge is 2.22. The number of hydrogen-bond acceptors (Lipinski definition) is 4. The predicted octanol–water partition coefficient (Wildman–Crippen LogP) is 2.64. The molecule has 0 saturated carbocycles. The Morgan fingerprint density at radius 2 is 1.95 bits per heavy atom. The van der Waals surface area contributed by atoms with Crippen molar-refractivity contribution in [2.24, 2.45) is 7.05 Å². The number of carboxylic acids is 1. The topological polar surface area (TPSA) is 73.6 Å². The fourth-order valence-electron chi connectivity index (χ4n) is 2.48. The summed E-state index contributed by atoms with van der Waals surface area (Å²) in [5.41, 5.74) is 2.75. The zero-order valence-electron chi connectivity index (χ0n) is 12.1. The number of aryl methyl sites for hydroxylation is 1. The number of ether oxygens (including phenoxy) is 2. The largest absolute Gasteiger partial charge is 0.476 e. The summed E-state index contributed by atoms with van der Waals surface area (Å²) in [5.74, 6) is 0.622. The van der Waals surface area contributed by atoms with Gasteiger partial charge in [0.1, 0.15) is 0 Å². The molecule has 0 amide bonds. The smallest absolute Gasteiger partial charge is 0.356 e. The lowest BCUT2D eigenvalue weighted by Crippen LogP contribution is -2.00. The molecule has 2 heterocycles. The van der Waals surface area contributed by atoms with Crippen molar-refractivity contribution in [1.29, 1.82) is 0 Å². The number of aromatic nitrogens is 2. The number of aromatic carboxylic acids is 1. The number of fused-ring (bicyclic) bond motifs is 1. The third-order valence-corrected chi connectivity index (χ3v) is 3.54. The Labute approximate surface area is 121 Å². The molecule has 1 aromatic carbocycles. The lowest BCUT2D eigenvalue weighted by Gasteiger charge is -2.14. The lowest BCUT2D eigenvalue weighted by atomic mass is 9.94. The van der Waals surface area contributed by atoms with E-state index in [1.807, 2.05) is 12.1 Å². The van der Waals surface area contributed by atoms with E-state index in [-0.39, 0.29) is 18.4 Å². The molecule has 0 fully saturated rings. The van der Waals surface area contributed by atoms with E-state index in [2.05, 4.69) is 18.9 Å². The Morgan fingerprint density at radius 1 is 1.29 bits per heavy atom. The summed E-state index contributed by atoms with van der Waals surface area (Å²) in [6.07, 6.45) is 0. The van der Waals surface area contributed by atoms with Crippen LogP contribution in [0.1, 0.15) is 35.8 Å². The first-order valence-corrected chi connectivity index (χ1v) is 6.68. The molecule has 0 saturated heterocycles. The number of rotatable bonds is 3. The lowest BCUT2D eigenvalue weighted by molar-refractivity contribution is 0.0689. The first-order chi connectivity index (χ1) is 9.97. The first kappa shape index (κ1) is 13.5. The van der Waals surface area contributed by atoms with E-state index in [0.717, 1.165) is 22.6 Å². The molecule has 6 heteroatoms. The maximum absolute atomic E-state index is 11.1. The van der Waals surface area contributed by atoms with Gasteiger partial charge in [-0.3, -0.25) is 4.68 Å². The van der Waals surface area contributed by atoms with E-state index in [1.54, 1.807) is 17.8 Å². The number of hydrogen-bond donors (Lipinski definition) is 1. The van der Waals surface area contributed by atoms with Crippen LogP contribution in [0.5, 0.6) is 11.5 Å². The second-order valence-electron chi connectivity index (χ2n) is 5.29. The Balaban J connectivity index is 2.19. The fourth-order valence-corrected chi connectivity index (χ4v) is 2.48. The highest BCUT2D eigenvalue weighted by Crippen LogP contribution is 2.41. The minimum absolute atomic E-state index is 0.0277. The summed E-state index contributed by atoms with van der Waals surface area (Å²) in [5, 5.41) is 13.1. The SMILES string of the molecule is CC(C)c1cc2c(cc1-c1cc(C(=O)O)nn1C)OCO2. The van der Waals surface area contributed by atoms with Gasteiger partial charge in [-0.1, -0.05) is 13.8 Å². The fraction of sp³-hybridized carbons (Fsp3) is 0.333. The van der Waals surface area contributed by atoms with Crippen molar-refractivity contribution in [3.8, 4) is 22.8 Å². The third-order valence-electron chi connectivity index (χ3n) is 3.54. The van der Waals surface area contributed by atoms with Crippen LogP contribution in [0.4, 0.5) is 0 Å². The van der Waals surface area contributed by atoms with Gasteiger partial charge in [0.25, 0.3) is 0 Å². The summed E-state index contributed by atoms with van der Waals surface area (Å²) in [6, 6.07) is 5.42. The van der Waals surface area contributed by atoms with Crippen LogP contribution in [-0.4, -0.2) is 27.6 Å². The van der Waals surface area contributed by atoms with Gasteiger partial charge in [0, 0.05) is 12.6 Å². The Kier molecular flexibility index (Phi) is 3.08. The Bertz CT molecular complexity index is 719. The van der Waals surface area contributed by atoms with Crippen LogP contribution in [-0.2, 0) is 7.05 Å². The van der Waals surface area contributed by atoms with Gasteiger partial charge in [0.05, 0.1) is 5.69 Å². The first-order valence-electron chi connectivity index (χ1n) is 6.68. The minimum Gasteiger partial charge on any atom is -0.476 e. The van der Waals surface area contributed by atoms with Gasteiger partial charge in [-0.15, -0.1) is 0 Å². The van der Waals surface area contributed by atoms with Crippen LogP contribution in [0.25, 0.3) is 11.3 Å². The molecule has 2 aromatic rings. The number of nitrogens with zero attached hydrogens (tertiary/aromatic N) is 2. The van der Waals surface area contributed by atoms with E-state index in [9.17, 15) is 4.79 Å². The van der Waals surface area contributed by atoms with Crippen LogP contribution < -0.4 is 9.47 Å². The maximum atomic E-state index is 11.1. The Hall–Kier alpha value is -2.50. The van der Waals surface area contributed by atoms with Gasteiger partial charge in [0.2, 0.25) is 6.79 Å². The molecule has 110 valence electrons. The molecule has 1 aromatic heterocycles. The van der Waals surface area contributed by atoms with E-state index < -0.39 is 5.97 Å². The molecule has 0 radical (unpaired) electrons. The van der Waals surface area contributed by atoms with Crippen LogP contribution >= 0.6 is 0 Å². The highest BCUT2D eigenvalue weighted by atomic mass is 16.7. The standard InChI is InChI=1S/C15H16N2O4/c1-8(2)9-4-13-14(21-7-20-13)5-10(9)12-6-11(15(18)19)16-17(12)3/h4-6,8H,7H2,1-3H3,(H,18,19). The van der Waals surface area contributed by atoms with Crippen molar-refractivity contribution in [2.45, 2.75) is 19.8 Å². The van der Waals surface area contributed by atoms with Crippen LogP contribution in [0, 0.1) is 0 Å². The maximum Gasteiger partial charge on any atom is 0.356 e. The van der Waals surface area contributed by atoms with Gasteiger partial charge in [-0.2, -0.15) is 5.10 Å². The summed E-state index contributed by atoms with van der Waals surface area (Å²) >= 11 is 0. The monoisotopic (exact) mass is 288 g/mol. The van der Waals surface area contributed by atoms with Gasteiger partial charge >= 0.3 is 5.97 Å². The predicted molar refractivity (Wildman–Crippen MR) is 75.8 cm³/mol. The van der Waals surface area contributed by atoms with Crippen molar-refractivity contribution >= 4 is 5.97 Å². The number of benzene rings is 1. The summed E-state index contributed by atoms with van der Waals surface area (Å²) in [6.45, 7) is 4.37. The van der Waals surface area contributed by atoms with Crippen molar-refractivity contribution in [2.75, 3.05) is 6.79 Å². The van der Waals surface area contributed by atoms with Gasteiger partial charge in [0.15, 0.2) is 17.2 Å². The molecule has 6 nitrogen and oxygen atoms in total. The number of carbonyl (C=O) groups is 1. The van der Waals surface area contributed by atoms with E-state index >= 15 is 0 Å². The second kappa shape index (κ2) is 4.80. The zero-order chi connectivity index (χ0) is 15.1. The average Bonchev–Trinajstić information content (AvgIpc) is 3.02. The molecule has 0 atom stereocenters. The second-order valence-corrected chi connectivity index (χ2v) is 5.29. The van der Waals surface area contributed by atoms with Crippen molar-refractivity contribution < 1.29 is 19.4 Å². The molecule has 1 aliphatic heterocycles. The van der Waals surface area contributed by atoms with Crippen molar-refractivity contribution in [1.82, 2.24) is 9.78 Å². The summed E-state index contributed by atoms with van der Waals surface area (Å²) < 4.78 is 12.4. The molecule has 1 aliphatic rings. The molecule has 0 spiro atoms. The number of carboxylic acid groups (broad SMARTS) is 1. The molecular weight excluding hydrogens is 272 g/mol. The highest BCUT2D eigenvalue weighted by molar-refractivity contribution is 5.87. The van der Waals surface area contributed by atoms with Crippen LogP contribution in [0.2, 0.25) is 0 Å². The van der Waals surface area contributed by atoms with Crippen molar-refractivity contribution in [3.63, 3.8) is 0 Å². The molecule has 3 rings (SSSR count). The van der Waals surface area contributed by atoms with Crippen LogP contribution in [0.3, 0.4) is 0 Å². The van der Waals surface area contributed by atoms with Gasteiger partial charge < -0.3 is 14.6 Å². The van der Waals surface area contributed by atoms with E-state index in [4.69, 9.17) is 14.6 Å². The molecule has 21 heavy (non-hydrogen) atoms. The van der Waals surface area contributed by atoms with Crippen molar-refractivity contribution in [3.05, 3.63) is 29.5 Å². The molecule has 0 unspecified atom stereocenters. The normalized spacial score (nSPS) is 13.0. The zero-order valence-corrected chi connectivity index (χ0v) is 12.1. The third kappa shape index (κ3) is 2.22. The molecular formula is C15H16N2O4.